The molecule has 1 aliphatic heterocycles. The number of benzene rings is 8. The Balaban J connectivity index is 1.29. The molecular formula is C49H38OSi. The third-order valence-electron chi connectivity index (χ3n) is 11.1. The number of ether oxygens (including phenoxy) is 1. The highest BCUT2D eigenvalue weighted by atomic mass is 28.3. The molecule has 0 fully saturated rings. The van der Waals surface area contributed by atoms with Gasteiger partial charge in [-0.15, -0.1) is 0 Å². The Morgan fingerprint density at radius 1 is 0.431 bits per heavy atom. The topological polar surface area (TPSA) is 9.23 Å². The fourth-order valence-electron chi connectivity index (χ4n) is 8.92. The van der Waals surface area contributed by atoms with Crippen molar-refractivity contribution in [2.24, 2.45) is 0 Å². The highest BCUT2D eigenvalue weighted by Gasteiger charge is 2.37. The summed E-state index contributed by atoms with van der Waals surface area (Å²) in [5, 5.41) is 11.7. The number of hydrogen-bond donors (Lipinski definition) is 0. The largest absolute Gasteiger partial charge is 0.484 e. The molecule has 0 bridgehead atoms. The second kappa shape index (κ2) is 11.4. The number of allylic oxidation sites excluding steroid dienone is 2. The van der Waals surface area contributed by atoms with Gasteiger partial charge in [-0.2, -0.15) is 0 Å². The molecule has 1 aliphatic carbocycles. The van der Waals surface area contributed by atoms with Gasteiger partial charge in [0.25, 0.3) is 0 Å². The van der Waals surface area contributed by atoms with E-state index in [0.717, 1.165) is 5.75 Å². The summed E-state index contributed by atoms with van der Waals surface area (Å²) < 4.78 is 7.04. The minimum atomic E-state index is -1.57. The summed E-state index contributed by atoms with van der Waals surface area (Å²) in [6.07, 6.45) is 8.85. The first-order chi connectivity index (χ1) is 25.0. The summed E-state index contributed by atoms with van der Waals surface area (Å²) in [6, 6.07) is 51.9. The summed E-state index contributed by atoms with van der Waals surface area (Å²) in [6.45, 7) is 7.31. The van der Waals surface area contributed by atoms with E-state index < -0.39 is 8.07 Å². The van der Waals surface area contributed by atoms with Gasteiger partial charge in [-0.3, -0.25) is 0 Å². The van der Waals surface area contributed by atoms with E-state index in [2.05, 4.69) is 183 Å². The van der Waals surface area contributed by atoms with Crippen LogP contribution in [0.2, 0.25) is 19.6 Å². The molecule has 1 nitrogen and oxygen atoms in total. The van der Waals surface area contributed by atoms with E-state index in [1.54, 1.807) is 0 Å². The predicted molar refractivity (Wildman–Crippen MR) is 221 cm³/mol. The van der Waals surface area contributed by atoms with Gasteiger partial charge >= 0.3 is 0 Å². The molecule has 0 N–H and O–H groups in total. The first kappa shape index (κ1) is 30.1. The van der Waals surface area contributed by atoms with Gasteiger partial charge in [-0.25, -0.2) is 0 Å². The second-order valence-electron chi connectivity index (χ2n) is 15.1. The maximum atomic E-state index is 7.04. The molecule has 0 saturated heterocycles. The molecule has 8 aromatic carbocycles. The van der Waals surface area contributed by atoms with Gasteiger partial charge < -0.3 is 4.74 Å². The Hall–Kier alpha value is -5.70. The quantitative estimate of drug-likeness (QED) is 0.134. The van der Waals surface area contributed by atoms with E-state index in [1.165, 1.54) is 87.2 Å². The van der Waals surface area contributed by atoms with Gasteiger partial charge in [0.15, 0.2) is 0 Å². The summed E-state index contributed by atoms with van der Waals surface area (Å²) in [5.41, 5.74) is 8.78. The van der Waals surface area contributed by atoms with Crippen molar-refractivity contribution in [2.75, 3.05) is 0 Å². The molecular weight excluding hydrogens is 633 g/mol. The van der Waals surface area contributed by atoms with Crippen LogP contribution in [0, 0.1) is 0 Å². The standard InChI is InChI=1S/C49H38OSi/c1-51(2,3)45-30-29-34(33-18-6-7-19-35(33)45)41-27-28-43(48-42-24-12-13-26-44(42)50-49(41)48)47-39-22-10-8-20-37(39)46(38-21-9-11-23-40(38)47)36-25-14-16-31-15-4-5-17-32(31)36/h4-30,42,44H,1-3H3. The van der Waals surface area contributed by atoms with Crippen molar-refractivity contribution in [2.45, 2.75) is 31.7 Å². The zero-order valence-corrected chi connectivity index (χ0v) is 30.2. The maximum Gasteiger partial charge on any atom is 0.132 e. The van der Waals surface area contributed by atoms with Crippen molar-refractivity contribution < 1.29 is 4.74 Å². The lowest BCUT2D eigenvalue weighted by Crippen LogP contribution is -2.38. The minimum Gasteiger partial charge on any atom is -0.484 e. The molecule has 2 heteroatoms. The van der Waals surface area contributed by atoms with Crippen LogP contribution in [0.5, 0.6) is 5.75 Å². The van der Waals surface area contributed by atoms with Gasteiger partial charge in [0.1, 0.15) is 11.9 Å². The number of fused-ring (bicyclic) bond motifs is 7. The van der Waals surface area contributed by atoms with E-state index in [-0.39, 0.29) is 12.0 Å². The average Bonchev–Trinajstić information content (AvgIpc) is 3.56. The van der Waals surface area contributed by atoms with E-state index >= 15 is 0 Å². The maximum absolute atomic E-state index is 7.04. The van der Waals surface area contributed by atoms with Crippen LogP contribution in [-0.2, 0) is 0 Å². The van der Waals surface area contributed by atoms with Crippen molar-refractivity contribution in [1.29, 1.82) is 0 Å². The van der Waals surface area contributed by atoms with Crippen LogP contribution >= 0.6 is 0 Å². The van der Waals surface area contributed by atoms with E-state index in [0.29, 0.717) is 0 Å². The number of hydrogen-bond acceptors (Lipinski definition) is 1. The molecule has 2 aliphatic rings. The second-order valence-corrected chi connectivity index (χ2v) is 20.1. The highest BCUT2D eigenvalue weighted by Crippen LogP contribution is 2.54. The monoisotopic (exact) mass is 670 g/mol. The molecule has 0 spiro atoms. The predicted octanol–water partition coefficient (Wildman–Crippen LogP) is 12.8. The van der Waals surface area contributed by atoms with Crippen LogP contribution < -0.4 is 9.92 Å². The van der Waals surface area contributed by atoms with Gasteiger partial charge in [0, 0.05) is 17.0 Å². The molecule has 0 amide bonds. The summed E-state index contributed by atoms with van der Waals surface area (Å²) in [4.78, 5) is 0. The van der Waals surface area contributed by atoms with Crippen molar-refractivity contribution in [1.82, 2.24) is 0 Å². The van der Waals surface area contributed by atoms with Gasteiger partial charge in [-0.1, -0.05) is 177 Å². The zero-order chi connectivity index (χ0) is 34.3. The Labute approximate surface area is 300 Å². The lowest BCUT2D eigenvalue weighted by molar-refractivity contribution is 0.270. The Morgan fingerprint density at radius 2 is 0.961 bits per heavy atom. The molecule has 0 aromatic heterocycles. The van der Waals surface area contributed by atoms with Crippen molar-refractivity contribution in [3.05, 3.63) is 169 Å². The molecule has 0 saturated carbocycles. The van der Waals surface area contributed by atoms with Gasteiger partial charge in [0.05, 0.1) is 8.07 Å². The zero-order valence-electron chi connectivity index (χ0n) is 29.2. The third kappa shape index (κ3) is 4.60. The third-order valence-corrected chi connectivity index (χ3v) is 13.2. The van der Waals surface area contributed by atoms with E-state index in [1.807, 2.05) is 0 Å². The molecule has 2 atom stereocenters. The van der Waals surface area contributed by atoms with Crippen molar-refractivity contribution in [3.63, 3.8) is 0 Å². The van der Waals surface area contributed by atoms with E-state index in [4.69, 9.17) is 4.74 Å². The van der Waals surface area contributed by atoms with Crippen LogP contribution in [0.3, 0.4) is 0 Å². The van der Waals surface area contributed by atoms with Gasteiger partial charge in [-0.05, 0) is 83.0 Å². The molecule has 8 aromatic rings. The summed E-state index contributed by atoms with van der Waals surface area (Å²) >= 11 is 0. The molecule has 2 unspecified atom stereocenters. The van der Waals surface area contributed by atoms with Crippen LogP contribution in [0.4, 0.5) is 0 Å². The highest BCUT2D eigenvalue weighted by molar-refractivity contribution is 6.90. The fraction of sp³-hybridized carbons (Fsp3) is 0.102. The Morgan fingerprint density at radius 3 is 1.65 bits per heavy atom. The van der Waals surface area contributed by atoms with Crippen molar-refractivity contribution >= 4 is 56.4 Å². The van der Waals surface area contributed by atoms with Crippen LogP contribution in [0.1, 0.15) is 11.5 Å². The van der Waals surface area contributed by atoms with Crippen LogP contribution in [0.25, 0.3) is 76.5 Å². The smallest absolute Gasteiger partial charge is 0.132 e. The summed E-state index contributed by atoms with van der Waals surface area (Å²) in [5.74, 6) is 1.14. The molecule has 51 heavy (non-hydrogen) atoms. The van der Waals surface area contributed by atoms with Crippen molar-refractivity contribution in [3.8, 4) is 39.1 Å². The van der Waals surface area contributed by atoms with Gasteiger partial charge in [0.2, 0.25) is 0 Å². The minimum absolute atomic E-state index is 0.0371. The average molecular weight is 671 g/mol. The molecule has 244 valence electrons. The van der Waals surface area contributed by atoms with E-state index in [9.17, 15) is 0 Å². The van der Waals surface area contributed by atoms with Crippen LogP contribution in [0.15, 0.2) is 164 Å². The summed E-state index contributed by atoms with van der Waals surface area (Å²) in [7, 11) is -1.57. The molecule has 10 rings (SSSR count). The molecule has 0 radical (unpaired) electrons. The Kier molecular flexibility index (Phi) is 6.75. The number of rotatable bonds is 4. The fourth-order valence-corrected chi connectivity index (χ4v) is 10.5. The lowest BCUT2D eigenvalue weighted by atomic mass is 9.80. The SMILES string of the molecule is C[Si](C)(C)c1ccc(-c2ccc(-c3c4ccccc4c(-c4cccc5ccccc45)c4ccccc34)c3c2OC2C=CC=CC32)c2ccccc12. The van der Waals surface area contributed by atoms with Crippen LogP contribution in [-0.4, -0.2) is 14.2 Å². The molecule has 1 heterocycles. The normalized spacial score (nSPS) is 16.5. The lowest BCUT2D eigenvalue weighted by Gasteiger charge is -2.23. The first-order valence-corrected chi connectivity index (χ1v) is 21.6. The first-order valence-electron chi connectivity index (χ1n) is 18.1. The Bertz CT molecular complexity index is 2720.